The minimum atomic E-state index is -1.27. The lowest BCUT2D eigenvalue weighted by Gasteiger charge is -2.19. The summed E-state index contributed by atoms with van der Waals surface area (Å²) in [7, 11) is 0. The molecule has 0 aliphatic heterocycles. The molecule has 0 aliphatic rings. The molecule has 0 saturated carbocycles. The van der Waals surface area contributed by atoms with Gasteiger partial charge in [-0.25, -0.2) is 10.9 Å². The van der Waals surface area contributed by atoms with Crippen molar-refractivity contribution in [2.45, 2.75) is 0 Å². The van der Waals surface area contributed by atoms with E-state index in [0.29, 0.717) is 5.01 Å². The maximum Gasteiger partial charge on any atom is 0.330 e. The molecule has 2 amide bonds. The number of nitrogens with zero attached hydrogens (tertiary/aromatic N) is 1. The second-order valence-corrected chi connectivity index (χ2v) is 4.43. The van der Waals surface area contributed by atoms with Crippen molar-refractivity contribution in [2.24, 2.45) is 11.6 Å². The number of nitrogens with two attached hydrogens (primary N) is 2. The van der Waals surface area contributed by atoms with E-state index in [1.165, 1.54) is 6.07 Å². The maximum absolute atomic E-state index is 11.3. The van der Waals surface area contributed by atoms with Crippen LogP contribution in [0.5, 0.6) is 0 Å². The van der Waals surface area contributed by atoms with Gasteiger partial charge in [0.2, 0.25) is 0 Å². The molecule has 1 aromatic rings. The van der Waals surface area contributed by atoms with Gasteiger partial charge in [0.05, 0.1) is 20.1 Å². The summed E-state index contributed by atoms with van der Waals surface area (Å²) in [6, 6.07) is 1.28. The summed E-state index contributed by atoms with van der Waals surface area (Å²) < 4.78 is 0. The summed E-state index contributed by atoms with van der Waals surface area (Å²) >= 11 is 23.1. The second-order valence-electron chi connectivity index (χ2n) is 2.86. The predicted octanol–water partition coefficient (Wildman–Crippen LogP) is 1.99. The van der Waals surface area contributed by atoms with Gasteiger partial charge in [-0.3, -0.25) is 9.59 Å². The average Bonchev–Trinajstić information content (AvgIpc) is 2.25. The van der Waals surface area contributed by atoms with Crippen molar-refractivity contribution in [3.8, 4) is 0 Å². The smallest absolute Gasteiger partial charge is 0.330 e. The molecule has 0 aromatic heterocycles. The lowest BCUT2D eigenvalue weighted by molar-refractivity contribution is -0.135. The van der Waals surface area contributed by atoms with Gasteiger partial charge in [-0.05, 0) is 6.07 Å². The molecular formula is C8H5Cl4N3O2. The van der Waals surface area contributed by atoms with Crippen LogP contribution in [0.1, 0.15) is 0 Å². The Morgan fingerprint density at radius 1 is 1.06 bits per heavy atom. The molecule has 0 saturated heterocycles. The topological polar surface area (TPSA) is 89.4 Å². The number of hydrazine groups is 1. The molecule has 92 valence electrons. The molecule has 0 heterocycles. The lowest BCUT2D eigenvalue weighted by Crippen LogP contribution is -2.45. The van der Waals surface area contributed by atoms with E-state index in [0.717, 1.165) is 0 Å². The minimum Gasteiger partial charge on any atom is -0.361 e. The molecule has 0 aliphatic carbocycles. The Bertz CT molecular complexity index is 480. The van der Waals surface area contributed by atoms with Crippen LogP contribution in [0.3, 0.4) is 0 Å². The molecule has 0 unspecified atom stereocenters. The first-order chi connectivity index (χ1) is 7.77. The molecule has 0 radical (unpaired) electrons. The standard InChI is InChI=1S/C8H5Cl4N3O2/c9-2-1-3(10)5(12)6(4(2)11)15(14)8(17)7(13)16/h1H,14H2,(H2,13,16). The predicted molar refractivity (Wildman–Crippen MR) is 67.3 cm³/mol. The van der Waals surface area contributed by atoms with E-state index in [1.54, 1.807) is 0 Å². The fourth-order valence-corrected chi connectivity index (χ4v) is 1.97. The number of anilines is 1. The Morgan fingerprint density at radius 2 is 1.47 bits per heavy atom. The second kappa shape index (κ2) is 5.29. The van der Waals surface area contributed by atoms with E-state index >= 15 is 0 Å². The van der Waals surface area contributed by atoms with E-state index in [9.17, 15) is 9.59 Å². The van der Waals surface area contributed by atoms with Crippen molar-refractivity contribution in [1.82, 2.24) is 0 Å². The molecular weight excluding hydrogens is 312 g/mol. The van der Waals surface area contributed by atoms with Gasteiger partial charge < -0.3 is 5.73 Å². The summed E-state index contributed by atoms with van der Waals surface area (Å²) in [5.41, 5.74) is 4.60. The highest BCUT2D eigenvalue weighted by Crippen LogP contribution is 2.42. The summed E-state index contributed by atoms with van der Waals surface area (Å²) in [5, 5.41) is 0.231. The number of hydrogen-bond acceptors (Lipinski definition) is 3. The maximum atomic E-state index is 11.3. The molecule has 0 fully saturated rings. The van der Waals surface area contributed by atoms with Gasteiger partial charge in [-0.2, -0.15) is 0 Å². The molecule has 17 heavy (non-hydrogen) atoms. The van der Waals surface area contributed by atoms with Crippen molar-refractivity contribution in [2.75, 3.05) is 5.01 Å². The Morgan fingerprint density at radius 3 is 1.82 bits per heavy atom. The van der Waals surface area contributed by atoms with Crippen LogP contribution in [0.4, 0.5) is 5.69 Å². The molecule has 4 N–H and O–H groups in total. The first-order valence-electron chi connectivity index (χ1n) is 3.99. The van der Waals surface area contributed by atoms with Crippen molar-refractivity contribution < 1.29 is 9.59 Å². The van der Waals surface area contributed by atoms with Crippen LogP contribution in [0.15, 0.2) is 6.07 Å². The SMILES string of the molecule is NC(=O)C(=O)N(N)c1c(Cl)c(Cl)cc(Cl)c1Cl. The Hall–Kier alpha value is -0.720. The Balaban J connectivity index is 3.40. The van der Waals surface area contributed by atoms with E-state index < -0.39 is 11.8 Å². The Labute approximate surface area is 116 Å². The van der Waals surface area contributed by atoms with Crippen LogP contribution < -0.4 is 16.6 Å². The van der Waals surface area contributed by atoms with Crippen molar-refractivity contribution >= 4 is 63.9 Å². The van der Waals surface area contributed by atoms with E-state index in [4.69, 9.17) is 58.0 Å². The third kappa shape index (κ3) is 2.75. The summed E-state index contributed by atoms with van der Waals surface area (Å²) in [6.45, 7) is 0. The van der Waals surface area contributed by atoms with Crippen LogP contribution in [0, 0.1) is 0 Å². The van der Waals surface area contributed by atoms with Gasteiger partial charge in [0.1, 0.15) is 5.69 Å². The molecule has 0 atom stereocenters. The minimum absolute atomic E-state index is 0.0313. The fourth-order valence-electron chi connectivity index (χ4n) is 0.992. The van der Waals surface area contributed by atoms with Gasteiger partial charge in [-0.15, -0.1) is 0 Å². The first-order valence-corrected chi connectivity index (χ1v) is 5.50. The highest BCUT2D eigenvalue weighted by atomic mass is 35.5. The monoisotopic (exact) mass is 315 g/mol. The van der Waals surface area contributed by atoms with Gasteiger partial charge in [-0.1, -0.05) is 46.4 Å². The van der Waals surface area contributed by atoms with Crippen LogP contribution in [0.2, 0.25) is 20.1 Å². The van der Waals surface area contributed by atoms with Crippen LogP contribution in [0.25, 0.3) is 0 Å². The quantitative estimate of drug-likeness (QED) is 0.273. The largest absolute Gasteiger partial charge is 0.361 e. The van der Waals surface area contributed by atoms with Crippen molar-refractivity contribution in [3.63, 3.8) is 0 Å². The number of halogens is 4. The number of carbonyl (C=O) groups excluding carboxylic acids is 2. The number of hydrogen-bond donors (Lipinski definition) is 2. The number of amides is 2. The zero-order chi connectivity index (χ0) is 13.3. The average molecular weight is 317 g/mol. The number of primary amides is 1. The van der Waals surface area contributed by atoms with E-state index in [2.05, 4.69) is 0 Å². The van der Waals surface area contributed by atoms with Crippen LogP contribution >= 0.6 is 46.4 Å². The van der Waals surface area contributed by atoms with Gasteiger partial charge in [0, 0.05) is 0 Å². The molecule has 1 rings (SSSR count). The normalized spacial score (nSPS) is 10.2. The number of rotatable bonds is 1. The highest BCUT2D eigenvalue weighted by molar-refractivity contribution is 6.51. The first kappa shape index (κ1) is 14.3. The molecule has 9 heteroatoms. The molecule has 1 aromatic carbocycles. The highest BCUT2D eigenvalue weighted by Gasteiger charge is 2.25. The van der Waals surface area contributed by atoms with Crippen LogP contribution in [-0.4, -0.2) is 11.8 Å². The zero-order valence-electron chi connectivity index (χ0n) is 8.01. The molecule has 0 bridgehead atoms. The van der Waals surface area contributed by atoms with Gasteiger partial charge in [0.15, 0.2) is 0 Å². The van der Waals surface area contributed by atoms with E-state index in [1.807, 2.05) is 0 Å². The summed E-state index contributed by atoms with van der Waals surface area (Å²) in [5.74, 6) is 2.91. The van der Waals surface area contributed by atoms with E-state index in [-0.39, 0.29) is 25.8 Å². The third-order valence-electron chi connectivity index (χ3n) is 1.76. The van der Waals surface area contributed by atoms with Crippen LogP contribution in [-0.2, 0) is 9.59 Å². The fraction of sp³-hybridized carbons (Fsp3) is 0. The summed E-state index contributed by atoms with van der Waals surface area (Å²) in [6.07, 6.45) is 0. The number of carbonyl (C=O) groups is 2. The number of benzene rings is 1. The molecule has 5 nitrogen and oxygen atoms in total. The van der Waals surface area contributed by atoms with Crippen molar-refractivity contribution in [1.29, 1.82) is 0 Å². The van der Waals surface area contributed by atoms with Crippen molar-refractivity contribution in [3.05, 3.63) is 26.2 Å². The lowest BCUT2D eigenvalue weighted by atomic mass is 10.3. The third-order valence-corrected chi connectivity index (χ3v) is 3.31. The Kier molecular flexibility index (Phi) is 4.46. The molecule has 0 spiro atoms. The van der Waals surface area contributed by atoms with Gasteiger partial charge in [0.25, 0.3) is 0 Å². The van der Waals surface area contributed by atoms with Gasteiger partial charge >= 0.3 is 11.8 Å². The zero-order valence-corrected chi connectivity index (χ0v) is 11.0. The summed E-state index contributed by atoms with van der Waals surface area (Å²) in [4.78, 5) is 22.0.